The molecule has 0 amide bonds. The van der Waals surface area contributed by atoms with E-state index in [1.165, 1.54) is 6.08 Å². The van der Waals surface area contributed by atoms with Gasteiger partial charge in [0, 0.05) is 17.7 Å². The van der Waals surface area contributed by atoms with Gasteiger partial charge in [-0.25, -0.2) is 8.42 Å². The number of carbonyl (C=O) groups excluding carboxylic acids is 1. The molecule has 0 aliphatic carbocycles. The maximum absolute atomic E-state index is 10.9. The minimum atomic E-state index is -3.18. The summed E-state index contributed by atoms with van der Waals surface area (Å²) in [6.07, 6.45) is 2.31. The molecular formula is C8H15NO4S. The lowest BCUT2D eigenvalue weighted by Crippen LogP contribution is -2.22. The summed E-state index contributed by atoms with van der Waals surface area (Å²) in [6.45, 7) is 1.98. The van der Waals surface area contributed by atoms with E-state index in [0.717, 1.165) is 11.7 Å². The van der Waals surface area contributed by atoms with Crippen LogP contribution in [0.5, 0.6) is 0 Å². The number of rotatable bonds is 5. The highest BCUT2D eigenvalue weighted by molar-refractivity contribution is 7.93. The molecule has 0 heterocycles. The summed E-state index contributed by atoms with van der Waals surface area (Å²) in [5.74, 6) is -0.432. The van der Waals surface area contributed by atoms with Crippen LogP contribution in [0.4, 0.5) is 0 Å². The lowest BCUT2D eigenvalue weighted by atomic mass is 10.2. The predicted molar refractivity (Wildman–Crippen MR) is 53.2 cm³/mol. The second-order valence-electron chi connectivity index (χ2n) is 2.83. The lowest BCUT2D eigenvalue weighted by molar-refractivity contribution is -0.143. The highest BCUT2D eigenvalue weighted by atomic mass is 32.2. The minimum absolute atomic E-state index is 0.0140. The Morgan fingerprint density at radius 2 is 2.14 bits per heavy atom. The Kier molecular flexibility index (Phi) is 5.40. The van der Waals surface area contributed by atoms with Crippen molar-refractivity contribution in [2.24, 2.45) is 5.73 Å². The van der Waals surface area contributed by atoms with E-state index in [4.69, 9.17) is 5.73 Å². The summed E-state index contributed by atoms with van der Waals surface area (Å²) in [4.78, 5) is 10.9. The first-order valence-electron chi connectivity index (χ1n) is 4.14. The first-order valence-corrected chi connectivity index (χ1v) is 6.10. The number of nitrogens with two attached hydrogens (primary N) is 1. The van der Waals surface area contributed by atoms with Crippen molar-refractivity contribution in [3.8, 4) is 0 Å². The molecule has 0 aliphatic rings. The Bertz CT molecular complexity index is 307. The standard InChI is InChI=1S/C8H15NO4S/c1-3-13-8(10)6-7(9)4-5-14(2,11)12/h4-5,7H,3,6,9H2,1-2H3/b5-4+/t7-/m1/s1. The van der Waals surface area contributed by atoms with E-state index in [1.807, 2.05) is 0 Å². The van der Waals surface area contributed by atoms with Gasteiger partial charge in [-0.2, -0.15) is 0 Å². The normalized spacial score (nSPS) is 14.2. The molecule has 14 heavy (non-hydrogen) atoms. The average molecular weight is 221 g/mol. The van der Waals surface area contributed by atoms with E-state index in [0.29, 0.717) is 6.61 Å². The third-order valence-corrected chi connectivity index (χ3v) is 1.93. The first-order chi connectivity index (χ1) is 6.35. The molecule has 0 aromatic carbocycles. The summed E-state index contributed by atoms with van der Waals surface area (Å²) in [5, 5.41) is 0.983. The quantitative estimate of drug-likeness (QED) is 0.651. The van der Waals surface area contributed by atoms with Gasteiger partial charge in [0.05, 0.1) is 13.0 Å². The van der Waals surface area contributed by atoms with Crippen molar-refractivity contribution < 1.29 is 17.9 Å². The van der Waals surface area contributed by atoms with Crippen LogP contribution in [0, 0.1) is 0 Å². The molecule has 0 aliphatic heterocycles. The molecule has 82 valence electrons. The molecule has 0 fully saturated rings. The maximum atomic E-state index is 10.9. The van der Waals surface area contributed by atoms with E-state index < -0.39 is 21.8 Å². The molecule has 0 aromatic rings. The fraction of sp³-hybridized carbons (Fsp3) is 0.625. The predicted octanol–water partition coefficient (Wildman–Crippen LogP) is -0.175. The summed E-state index contributed by atoms with van der Waals surface area (Å²) >= 11 is 0. The number of esters is 1. The van der Waals surface area contributed by atoms with Gasteiger partial charge in [0.15, 0.2) is 9.84 Å². The van der Waals surface area contributed by atoms with Gasteiger partial charge in [-0.15, -0.1) is 0 Å². The third-order valence-electron chi connectivity index (χ3n) is 1.28. The van der Waals surface area contributed by atoms with E-state index in [2.05, 4.69) is 4.74 Å². The second-order valence-corrected chi connectivity index (χ2v) is 4.76. The van der Waals surface area contributed by atoms with Crippen LogP contribution in [0.15, 0.2) is 11.5 Å². The van der Waals surface area contributed by atoms with Crippen LogP contribution >= 0.6 is 0 Å². The fourth-order valence-corrected chi connectivity index (χ4v) is 1.21. The van der Waals surface area contributed by atoms with Crippen LogP contribution in [0.25, 0.3) is 0 Å². The zero-order valence-corrected chi connectivity index (χ0v) is 9.08. The molecule has 0 spiro atoms. The Morgan fingerprint density at radius 3 is 2.57 bits per heavy atom. The van der Waals surface area contributed by atoms with Crippen LogP contribution in [0.1, 0.15) is 13.3 Å². The Hall–Kier alpha value is -0.880. The van der Waals surface area contributed by atoms with Gasteiger partial charge >= 0.3 is 5.97 Å². The zero-order chi connectivity index (χ0) is 11.2. The Labute approximate surface area is 83.8 Å². The van der Waals surface area contributed by atoms with E-state index >= 15 is 0 Å². The minimum Gasteiger partial charge on any atom is -0.466 e. The van der Waals surface area contributed by atoms with Crippen LogP contribution in [-0.4, -0.2) is 33.3 Å². The molecule has 0 aromatic heterocycles. The van der Waals surface area contributed by atoms with Crippen molar-refractivity contribution in [3.63, 3.8) is 0 Å². The molecule has 2 N–H and O–H groups in total. The molecule has 0 unspecified atom stereocenters. The molecular weight excluding hydrogens is 206 g/mol. The third kappa shape index (κ3) is 7.75. The van der Waals surface area contributed by atoms with Crippen molar-refractivity contribution >= 4 is 15.8 Å². The molecule has 0 radical (unpaired) electrons. The molecule has 1 atom stereocenters. The maximum Gasteiger partial charge on any atom is 0.307 e. The smallest absolute Gasteiger partial charge is 0.307 e. The van der Waals surface area contributed by atoms with Gasteiger partial charge in [-0.05, 0) is 6.92 Å². The highest BCUT2D eigenvalue weighted by Gasteiger charge is 2.07. The number of carbonyl (C=O) groups is 1. The van der Waals surface area contributed by atoms with Gasteiger partial charge in [0.1, 0.15) is 0 Å². The number of hydrogen-bond acceptors (Lipinski definition) is 5. The summed E-state index contributed by atoms with van der Waals surface area (Å²) in [7, 11) is -3.18. The average Bonchev–Trinajstić information content (AvgIpc) is 2.00. The van der Waals surface area contributed by atoms with Crippen LogP contribution in [0.3, 0.4) is 0 Å². The summed E-state index contributed by atoms with van der Waals surface area (Å²) in [6, 6.07) is -0.622. The van der Waals surface area contributed by atoms with Crippen LogP contribution < -0.4 is 5.73 Å². The van der Waals surface area contributed by atoms with Gasteiger partial charge in [-0.3, -0.25) is 4.79 Å². The van der Waals surface area contributed by atoms with E-state index in [-0.39, 0.29) is 6.42 Å². The molecule has 0 saturated heterocycles. The second kappa shape index (κ2) is 5.77. The molecule has 0 saturated carbocycles. The van der Waals surface area contributed by atoms with Crippen molar-refractivity contribution in [1.82, 2.24) is 0 Å². The monoisotopic (exact) mass is 221 g/mol. The van der Waals surface area contributed by atoms with E-state index in [9.17, 15) is 13.2 Å². The van der Waals surface area contributed by atoms with Gasteiger partial charge < -0.3 is 10.5 Å². The Morgan fingerprint density at radius 1 is 1.57 bits per heavy atom. The molecule has 5 nitrogen and oxygen atoms in total. The zero-order valence-electron chi connectivity index (χ0n) is 8.26. The first kappa shape index (κ1) is 13.1. The fourth-order valence-electron chi connectivity index (χ4n) is 0.724. The summed E-state index contributed by atoms with van der Waals surface area (Å²) < 4.78 is 26.0. The van der Waals surface area contributed by atoms with Gasteiger partial charge in [0.25, 0.3) is 0 Å². The Balaban J connectivity index is 4.05. The van der Waals surface area contributed by atoms with Crippen LogP contribution in [-0.2, 0) is 19.4 Å². The lowest BCUT2D eigenvalue weighted by Gasteiger charge is -2.04. The topological polar surface area (TPSA) is 86.5 Å². The number of hydrogen-bond donors (Lipinski definition) is 1. The SMILES string of the molecule is CCOC(=O)C[C@H](N)/C=C/S(C)(=O)=O. The largest absolute Gasteiger partial charge is 0.466 e. The van der Waals surface area contributed by atoms with Gasteiger partial charge in [0.2, 0.25) is 0 Å². The summed E-state index contributed by atoms with van der Waals surface area (Å²) in [5.41, 5.74) is 5.46. The van der Waals surface area contributed by atoms with Crippen molar-refractivity contribution in [1.29, 1.82) is 0 Å². The molecule has 0 bridgehead atoms. The molecule has 6 heteroatoms. The van der Waals surface area contributed by atoms with Crippen molar-refractivity contribution in [2.75, 3.05) is 12.9 Å². The van der Waals surface area contributed by atoms with Crippen molar-refractivity contribution in [3.05, 3.63) is 11.5 Å². The number of ether oxygens (including phenoxy) is 1. The van der Waals surface area contributed by atoms with Crippen molar-refractivity contribution in [2.45, 2.75) is 19.4 Å². The van der Waals surface area contributed by atoms with E-state index in [1.54, 1.807) is 6.92 Å². The highest BCUT2D eigenvalue weighted by Crippen LogP contribution is 1.96. The molecule has 0 rings (SSSR count). The van der Waals surface area contributed by atoms with Gasteiger partial charge in [-0.1, -0.05) is 6.08 Å². The number of sulfone groups is 1. The van der Waals surface area contributed by atoms with Crippen LogP contribution in [0.2, 0.25) is 0 Å².